The Morgan fingerprint density at radius 2 is 1.32 bits per heavy atom. The number of para-hydroxylation sites is 1. The van der Waals surface area contributed by atoms with Gasteiger partial charge in [-0.1, -0.05) is 83.9 Å². The molecule has 0 spiro atoms. The Morgan fingerprint density at radius 3 is 1.91 bits per heavy atom. The highest BCUT2D eigenvalue weighted by molar-refractivity contribution is 5.43. The van der Waals surface area contributed by atoms with Crippen molar-refractivity contribution in [2.75, 3.05) is 5.32 Å². The number of nitrogens with one attached hydrogen (secondary N) is 1. The summed E-state index contributed by atoms with van der Waals surface area (Å²) in [4.78, 5) is 0. The summed E-state index contributed by atoms with van der Waals surface area (Å²) in [5, 5.41) is 3.59. The molecule has 1 nitrogen and oxygen atoms in total. The Labute approximate surface area is 138 Å². The zero-order chi connectivity index (χ0) is 16.2. The normalized spacial score (nSPS) is 15.3. The van der Waals surface area contributed by atoms with Gasteiger partial charge in [0, 0.05) is 11.7 Å². The van der Waals surface area contributed by atoms with Gasteiger partial charge in [0.25, 0.3) is 0 Å². The molecule has 1 aromatic rings. The van der Waals surface area contributed by atoms with Crippen LogP contribution in [0.15, 0.2) is 30.3 Å². The quantitative estimate of drug-likeness (QED) is 0.443. The standard InChI is InChI=1S/C21H37N/c1-5-11-18(2)12-9-13-19(3)14-10-15-20(4)22-21-16-7-6-8-17-21/h6-8,16-20,22H,5,9-15H2,1-4H3. The van der Waals surface area contributed by atoms with Crippen molar-refractivity contribution in [3.8, 4) is 0 Å². The first kappa shape index (κ1) is 19.1. The van der Waals surface area contributed by atoms with E-state index >= 15 is 0 Å². The Bertz CT molecular complexity index is 359. The van der Waals surface area contributed by atoms with Crippen molar-refractivity contribution in [2.24, 2.45) is 11.8 Å². The van der Waals surface area contributed by atoms with Crippen molar-refractivity contribution >= 4 is 5.69 Å². The zero-order valence-electron chi connectivity index (χ0n) is 15.3. The summed E-state index contributed by atoms with van der Waals surface area (Å²) in [6, 6.07) is 11.1. The monoisotopic (exact) mass is 303 g/mol. The van der Waals surface area contributed by atoms with Gasteiger partial charge >= 0.3 is 0 Å². The van der Waals surface area contributed by atoms with Crippen LogP contribution in [-0.4, -0.2) is 6.04 Å². The van der Waals surface area contributed by atoms with Crippen LogP contribution in [0.1, 0.15) is 79.1 Å². The summed E-state index contributed by atoms with van der Waals surface area (Å²) in [6.07, 6.45) is 11.0. The largest absolute Gasteiger partial charge is 0.383 e. The van der Waals surface area contributed by atoms with Gasteiger partial charge in [0.1, 0.15) is 0 Å². The molecule has 126 valence electrons. The van der Waals surface area contributed by atoms with Gasteiger partial charge in [-0.05, 0) is 37.3 Å². The third-order valence-corrected chi connectivity index (χ3v) is 4.70. The zero-order valence-corrected chi connectivity index (χ0v) is 15.3. The molecule has 0 radical (unpaired) electrons. The van der Waals surface area contributed by atoms with Gasteiger partial charge in [-0.15, -0.1) is 0 Å². The number of anilines is 1. The lowest BCUT2D eigenvalue weighted by atomic mass is 9.93. The van der Waals surface area contributed by atoms with Crippen LogP contribution in [0.3, 0.4) is 0 Å². The molecule has 0 saturated carbocycles. The summed E-state index contributed by atoms with van der Waals surface area (Å²) in [5.74, 6) is 1.81. The SMILES string of the molecule is CCCC(C)CCCC(C)CCCC(C)Nc1ccccc1. The van der Waals surface area contributed by atoms with Gasteiger partial charge in [0.05, 0.1) is 0 Å². The van der Waals surface area contributed by atoms with E-state index in [4.69, 9.17) is 0 Å². The van der Waals surface area contributed by atoms with E-state index in [1.807, 2.05) is 0 Å². The van der Waals surface area contributed by atoms with Crippen LogP contribution >= 0.6 is 0 Å². The molecule has 0 fully saturated rings. The van der Waals surface area contributed by atoms with E-state index in [0.717, 1.165) is 11.8 Å². The molecule has 0 aromatic heterocycles. The molecule has 22 heavy (non-hydrogen) atoms. The van der Waals surface area contributed by atoms with Crippen molar-refractivity contribution in [3.63, 3.8) is 0 Å². The van der Waals surface area contributed by atoms with Crippen LogP contribution in [0.4, 0.5) is 5.69 Å². The van der Waals surface area contributed by atoms with E-state index in [1.165, 1.54) is 57.1 Å². The molecule has 0 aliphatic carbocycles. The van der Waals surface area contributed by atoms with Crippen LogP contribution < -0.4 is 5.32 Å². The van der Waals surface area contributed by atoms with Gasteiger partial charge in [-0.25, -0.2) is 0 Å². The Balaban J connectivity index is 2.05. The Morgan fingerprint density at radius 1 is 0.773 bits per heavy atom. The molecule has 0 heterocycles. The molecule has 3 unspecified atom stereocenters. The summed E-state index contributed by atoms with van der Waals surface area (Å²) in [6.45, 7) is 9.43. The topological polar surface area (TPSA) is 12.0 Å². The molecule has 1 N–H and O–H groups in total. The van der Waals surface area contributed by atoms with Gasteiger partial charge in [0.2, 0.25) is 0 Å². The summed E-state index contributed by atoms with van der Waals surface area (Å²) < 4.78 is 0. The fraction of sp³-hybridized carbons (Fsp3) is 0.714. The molecule has 0 bridgehead atoms. The molecule has 1 heteroatoms. The van der Waals surface area contributed by atoms with E-state index < -0.39 is 0 Å². The number of hydrogen-bond acceptors (Lipinski definition) is 1. The van der Waals surface area contributed by atoms with Crippen molar-refractivity contribution in [1.82, 2.24) is 0 Å². The van der Waals surface area contributed by atoms with E-state index in [-0.39, 0.29) is 0 Å². The van der Waals surface area contributed by atoms with Crippen molar-refractivity contribution < 1.29 is 0 Å². The van der Waals surface area contributed by atoms with Crippen molar-refractivity contribution in [1.29, 1.82) is 0 Å². The third-order valence-electron chi connectivity index (χ3n) is 4.70. The van der Waals surface area contributed by atoms with E-state index in [9.17, 15) is 0 Å². The molecule has 0 aliphatic rings. The van der Waals surface area contributed by atoms with Crippen LogP contribution in [0, 0.1) is 11.8 Å². The fourth-order valence-corrected chi connectivity index (χ4v) is 3.26. The van der Waals surface area contributed by atoms with E-state index in [1.54, 1.807) is 0 Å². The summed E-state index contributed by atoms with van der Waals surface area (Å²) >= 11 is 0. The molecule has 0 saturated heterocycles. The number of benzene rings is 1. The Kier molecular flexibility index (Phi) is 10.0. The Hall–Kier alpha value is -0.980. The molecule has 0 aliphatic heterocycles. The first-order chi connectivity index (χ1) is 10.6. The van der Waals surface area contributed by atoms with Crippen molar-refractivity contribution in [3.05, 3.63) is 30.3 Å². The lowest BCUT2D eigenvalue weighted by Gasteiger charge is -2.17. The van der Waals surface area contributed by atoms with Gasteiger partial charge in [-0.3, -0.25) is 0 Å². The van der Waals surface area contributed by atoms with Crippen LogP contribution in [0.2, 0.25) is 0 Å². The number of hydrogen-bond donors (Lipinski definition) is 1. The minimum absolute atomic E-state index is 0.569. The minimum Gasteiger partial charge on any atom is -0.383 e. The minimum atomic E-state index is 0.569. The molecule has 3 atom stereocenters. The smallest absolute Gasteiger partial charge is 0.0342 e. The maximum Gasteiger partial charge on any atom is 0.0342 e. The van der Waals surface area contributed by atoms with E-state index in [2.05, 4.69) is 63.3 Å². The predicted molar refractivity (Wildman–Crippen MR) is 100 cm³/mol. The summed E-state index contributed by atoms with van der Waals surface area (Å²) in [7, 11) is 0. The highest BCUT2D eigenvalue weighted by Gasteiger charge is 2.07. The first-order valence-corrected chi connectivity index (χ1v) is 9.43. The molecular weight excluding hydrogens is 266 g/mol. The van der Waals surface area contributed by atoms with Crippen LogP contribution in [-0.2, 0) is 0 Å². The fourth-order valence-electron chi connectivity index (χ4n) is 3.26. The average molecular weight is 304 g/mol. The lowest BCUT2D eigenvalue weighted by molar-refractivity contribution is 0.398. The highest BCUT2D eigenvalue weighted by atomic mass is 14.9. The van der Waals surface area contributed by atoms with Crippen molar-refractivity contribution in [2.45, 2.75) is 85.1 Å². The highest BCUT2D eigenvalue weighted by Crippen LogP contribution is 2.20. The van der Waals surface area contributed by atoms with Gasteiger partial charge < -0.3 is 5.32 Å². The molecule has 0 amide bonds. The average Bonchev–Trinajstić information content (AvgIpc) is 2.48. The van der Waals surface area contributed by atoms with Crippen LogP contribution in [0.5, 0.6) is 0 Å². The van der Waals surface area contributed by atoms with Gasteiger partial charge in [0.15, 0.2) is 0 Å². The second-order valence-electron chi connectivity index (χ2n) is 7.27. The van der Waals surface area contributed by atoms with E-state index in [0.29, 0.717) is 6.04 Å². The molecular formula is C21H37N. The molecule has 1 aromatic carbocycles. The first-order valence-electron chi connectivity index (χ1n) is 9.43. The second kappa shape index (κ2) is 11.6. The van der Waals surface area contributed by atoms with Gasteiger partial charge in [-0.2, -0.15) is 0 Å². The molecule has 1 rings (SSSR count). The maximum absolute atomic E-state index is 3.59. The maximum atomic E-state index is 3.59. The lowest BCUT2D eigenvalue weighted by Crippen LogP contribution is -2.15. The summed E-state index contributed by atoms with van der Waals surface area (Å²) in [5.41, 5.74) is 1.24. The third kappa shape index (κ3) is 9.12. The predicted octanol–water partition coefficient (Wildman–Crippen LogP) is 6.90. The number of rotatable bonds is 12. The van der Waals surface area contributed by atoms with Crippen LogP contribution in [0.25, 0.3) is 0 Å². The second-order valence-corrected chi connectivity index (χ2v) is 7.27.